The van der Waals surface area contributed by atoms with Gasteiger partial charge in [-0.1, -0.05) is 0 Å². The van der Waals surface area contributed by atoms with Crippen molar-refractivity contribution in [1.82, 2.24) is 9.97 Å². The second kappa shape index (κ2) is 5.38. The first-order chi connectivity index (χ1) is 6.59. The van der Waals surface area contributed by atoms with Crippen LogP contribution in [0.4, 0.5) is 14.6 Å². The molecule has 1 N–H and O–H groups in total. The van der Waals surface area contributed by atoms with Crippen LogP contribution in [0.25, 0.3) is 0 Å². The third-order valence-electron chi connectivity index (χ3n) is 1.58. The number of halogens is 3. The lowest BCUT2D eigenvalue weighted by atomic mass is 10.2. The molecule has 0 aliphatic carbocycles. The maximum absolute atomic E-state index is 12.0. The summed E-state index contributed by atoms with van der Waals surface area (Å²) in [6, 6.07) is -0.293. The van der Waals surface area contributed by atoms with E-state index in [1.54, 1.807) is 13.1 Å². The van der Waals surface area contributed by atoms with Gasteiger partial charge in [0.15, 0.2) is 0 Å². The molecule has 0 aromatic carbocycles. The number of hydrogen-bond acceptors (Lipinski definition) is 3. The van der Waals surface area contributed by atoms with E-state index in [1.807, 2.05) is 0 Å². The molecule has 0 spiro atoms. The maximum atomic E-state index is 12.0. The van der Waals surface area contributed by atoms with Gasteiger partial charge in [0.2, 0.25) is 6.43 Å². The van der Waals surface area contributed by atoms with Crippen LogP contribution in [0.3, 0.4) is 0 Å². The fourth-order valence-corrected chi connectivity index (χ4v) is 1.43. The van der Waals surface area contributed by atoms with E-state index >= 15 is 0 Å². The molecule has 0 fully saturated rings. The summed E-state index contributed by atoms with van der Waals surface area (Å²) in [5, 5.41) is 2.90. The van der Waals surface area contributed by atoms with Crippen LogP contribution in [0.2, 0.25) is 0 Å². The van der Waals surface area contributed by atoms with Crippen molar-refractivity contribution in [2.75, 3.05) is 5.32 Å². The van der Waals surface area contributed by atoms with Gasteiger partial charge in [0.1, 0.15) is 12.1 Å². The first-order valence-electron chi connectivity index (χ1n) is 4.09. The summed E-state index contributed by atoms with van der Waals surface area (Å²) in [6.45, 7) is 1.70. The largest absolute Gasteiger partial charge is 0.366 e. The second-order valence-corrected chi connectivity index (χ2v) is 4.05. The van der Waals surface area contributed by atoms with Gasteiger partial charge < -0.3 is 5.32 Å². The molecule has 1 heterocycles. The molecular weight excluding hydrogens is 303 g/mol. The molecule has 0 aliphatic heterocycles. The van der Waals surface area contributed by atoms with E-state index in [1.165, 1.54) is 6.33 Å². The molecule has 0 radical (unpaired) electrons. The number of nitrogens with zero attached hydrogens (tertiary/aromatic N) is 2. The van der Waals surface area contributed by atoms with Gasteiger partial charge in [0.25, 0.3) is 0 Å². The number of hydrogen-bond donors (Lipinski definition) is 1. The Labute approximate surface area is 94.5 Å². The predicted octanol–water partition coefficient (Wildman–Crippen LogP) is 2.54. The molecule has 78 valence electrons. The standard InChI is InChI=1S/C8H10F2IN3/c1-5(2-7(9)10)14-8-6(11)3-12-4-13-8/h3-5,7H,2H2,1H3,(H,12,13,14). The smallest absolute Gasteiger partial charge is 0.240 e. The highest BCUT2D eigenvalue weighted by Gasteiger charge is 2.11. The second-order valence-electron chi connectivity index (χ2n) is 2.89. The minimum absolute atomic E-state index is 0.180. The van der Waals surface area contributed by atoms with Gasteiger partial charge in [0.05, 0.1) is 3.57 Å². The normalized spacial score (nSPS) is 12.9. The monoisotopic (exact) mass is 313 g/mol. The lowest BCUT2D eigenvalue weighted by Crippen LogP contribution is -2.19. The van der Waals surface area contributed by atoms with E-state index in [4.69, 9.17) is 0 Å². The highest BCUT2D eigenvalue weighted by atomic mass is 127. The summed E-state index contributed by atoms with van der Waals surface area (Å²) in [7, 11) is 0. The molecule has 14 heavy (non-hydrogen) atoms. The van der Waals surface area contributed by atoms with E-state index in [2.05, 4.69) is 37.9 Å². The van der Waals surface area contributed by atoms with E-state index in [9.17, 15) is 8.78 Å². The van der Waals surface area contributed by atoms with E-state index in [0.717, 1.165) is 3.57 Å². The third kappa shape index (κ3) is 3.69. The Balaban J connectivity index is 2.56. The zero-order chi connectivity index (χ0) is 10.6. The van der Waals surface area contributed by atoms with Crippen molar-refractivity contribution in [3.8, 4) is 0 Å². The van der Waals surface area contributed by atoms with Crippen LogP contribution >= 0.6 is 22.6 Å². The number of aromatic nitrogens is 2. The number of nitrogens with one attached hydrogen (secondary N) is 1. The Morgan fingerprint density at radius 3 is 2.86 bits per heavy atom. The van der Waals surface area contributed by atoms with Gasteiger partial charge in [-0.2, -0.15) is 0 Å². The van der Waals surface area contributed by atoms with E-state index in [0.29, 0.717) is 5.82 Å². The fraction of sp³-hybridized carbons (Fsp3) is 0.500. The zero-order valence-electron chi connectivity index (χ0n) is 7.54. The topological polar surface area (TPSA) is 37.8 Å². The Hall–Kier alpha value is -0.530. The number of anilines is 1. The zero-order valence-corrected chi connectivity index (χ0v) is 9.70. The summed E-state index contributed by atoms with van der Waals surface area (Å²) < 4.78 is 24.9. The molecule has 1 atom stereocenters. The van der Waals surface area contributed by atoms with Crippen molar-refractivity contribution < 1.29 is 8.78 Å². The molecule has 0 aliphatic rings. The maximum Gasteiger partial charge on any atom is 0.240 e. The van der Waals surface area contributed by atoms with Crippen molar-refractivity contribution in [2.24, 2.45) is 0 Å². The molecule has 1 unspecified atom stereocenters. The average molecular weight is 313 g/mol. The number of rotatable bonds is 4. The van der Waals surface area contributed by atoms with Crippen molar-refractivity contribution in [1.29, 1.82) is 0 Å². The van der Waals surface area contributed by atoms with E-state index < -0.39 is 6.43 Å². The van der Waals surface area contributed by atoms with Crippen molar-refractivity contribution in [2.45, 2.75) is 25.8 Å². The molecule has 0 bridgehead atoms. The van der Waals surface area contributed by atoms with Crippen molar-refractivity contribution in [3.63, 3.8) is 0 Å². The fourth-order valence-electron chi connectivity index (χ4n) is 0.978. The SMILES string of the molecule is CC(CC(F)F)Nc1ncncc1I. The van der Waals surface area contributed by atoms with Gasteiger partial charge in [-0.25, -0.2) is 18.7 Å². The Bertz CT molecular complexity index is 296. The summed E-state index contributed by atoms with van der Waals surface area (Å²) in [6.07, 6.45) is 0.544. The van der Waals surface area contributed by atoms with Gasteiger partial charge in [-0.3, -0.25) is 0 Å². The number of alkyl halides is 2. The van der Waals surface area contributed by atoms with Gasteiger partial charge in [0, 0.05) is 18.7 Å². The predicted molar refractivity (Wildman–Crippen MR) is 58.5 cm³/mol. The molecule has 3 nitrogen and oxygen atoms in total. The first kappa shape index (κ1) is 11.5. The lowest BCUT2D eigenvalue weighted by Gasteiger charge is -2.14. The summed E-state index contributed by atoms with van der Waals surface area (Å²) in [5.74, 6) is 0.605. The van der Waals surface area contributed by atoms with Crippen LogP contribution in [-0.2, 0) is 0 Å². The molecule has 0 saturated heterocycles. The highest BCUT2D eigenvalue weighted by Crippen LogP contribution is 2.15. The average Bonchev–Trinajstić information content (AvgIpc) is 2.07. The van der Waals surface area contributed by atoms with Crippen molar-refractivity contribution in [3.05, 3.63) is 16.1 Å². The Kier molecular flexibility index (Phi) is 4.43. The first-order valence-corrected chi connectivity index (χ1v) is 5.17. The van der Waals surface area contributed by atoms with Crippen LogP contribution in [0.1, 0.15) is 13.3 Å². The molecule has 1 rings (SSSR count). The highest BCUT2D eigenvalue weighted by molar-refractivity contribution is 14.1. The molecule has 0 amide bonds. The Morgan fingerprint density at radius 1 is 1.57 bits per heavy atom. The van der Waals surface area contributed by atoms with Crippen LogP contribution in [0.15, 0.2) is 12.5 Å². The summed E-state index contributed by atoms with van der Waals surface area (Å²) >= 11 is 2.05. The molecule has 1 aromatic heterocycles. The third-order valence-corrected chi connectivity index (χ3v) is 2.37. The van der Waals surface area contributed by atoms with Crippen LogP contribution in [-0.4, -0.2) is 22.4 Å². The van der Waals surface area contributed by atoms with Gasteiger partial charge in [-0.15, -0.1) is 0 Å². The summed E-state index contributed by atoms with van der Waals surface area (Å²) in [5.41, 5.74) is 0. The lowest BCUT2D eigenvalue weighted by molar-refractivity contribution is 0.133. The minimum Gasteiger partial charge on any atom is -0.366 e. The molecular formula is C8H10F2IN3. The van der Waals surface area contributed by atoms with Crippen molar-refractivity contribution >= 4 is 28.4 Å². The van der Waals surface area contributed by atoms with Gasteiger partial charge >= 0.3 is 0 Å². The van der Waals surface area contributed by atoms with E-state index in [-0.39, 0.29) is 12.5 Å². The van der Waals surface area contributed by atoms with Crippen LogP contribution in [0.5, 0.6) is 0 Å². The minimum atomic E-state index is -2.29. The molecule has 1 aromatic rings. The van der Waals surface area contributed by atoms with Gasteiger partial charge in [-0.05, 0) is 29.5 Å². The molecule has 6 heteroatoms. The van der Waals surface area contributed by atoms with Crippen LogP contribution in [0, 0.1) is 3.57 Å². The van der Waals surface area contributed by atoms with Crippen LogP contribution < -0.4 is 5.32 Å². The molecule has 0 saturated carbocycles. The quantitative estimate of drug-likeness (QED) is 0.868. The Morgan fingerprint density at radius 2 is 2.29 bits per heavy atom. The summed E-state index contributed by atoms with van der Waals surface area (Å²) in [4.78, 5) is 7.76.